The zero-order valence-corrected chi connectivity index (χ0v) is 17.3. The molecule has 2 aromatic carbocycles. The summed E-state index contributed by atoms with van der Waals surface area (Å²) in [7, 11) is 0. The zero-order chi connectivity index (χ0) is 18.8. The van der Waals surface area contributed by atoms with Crippen molar-refractivity contribution in [2.75, 3.05) is 6.54 Å². The molecule has 1 saturated heterocycles. The van der Waals surface area contributed by atoms with Gasteiger partial charge in [0.1, 0.15) is 11.7 Å². The van der Waals surface area contributed by atoms with Crippen molar-refractivity contribution in [1.82, 2.24) is 4.90 Å². The van der Waals surface area contributed by atoms with Crippen LogP contribution in [0.5, 0.6) is 0 Å². The molecule has 0 saturated carbocycles. The van der Waals surface area contributed by atoms with E-state index in [1.165, 1.54) is 6.92 Å². The minimum Gasteiger partial charge on any atom is -0.328 e. The Balaban J connectivity index is 1.90. The minimum absolute atomic E-state index is 0.276. The highest BCUT2D eigenvalue weighted by atomic mass is 79.9. The molecule has 26 heavy (non-hydrogen) atoms. The molecular formula is C20H17Br2NO3. The standard InChI is InChI=1S/C20H17Br2NO3/c1-12(24)17-18(14-4-8-16(22)9-5-14)23(20(26)19(17)25)11-10-13-2-6-15(21)7-3-13/h2-9,17-18H,10-11H2,1H3. The van der Waals surface area contributed by atoms with Crippen molar-refractivity contribution in [2.45, 2.75) is 19.4 Å². The Bertz CT molecular complexity index is 846. The minimum atomic E-state index is -0.936. The number of likely N-dealkylation sites (tertiary alicyclic amines) is 1. The van der Waals surface area contributed by atoms with Gasteiger partial charge in [-0.2, -0.15) is 0 Å². The Hall–Kier alpha value is -1.79. The van der Waals surface area contributed by atoms with Crippen LogP contribution in [0.15, 0.2) is 57.5 Å². The molecule has 0 radical (unpaired) electrons. The number of hydrogen-bond acceptors (Lipinski definition) is 3. The van der Waals surface area contributed by atoms with Gasteiger partial charge in [0.05, 0.1) is 6.04 Å². The van der Waals surface area contributed by atoms with Crippen molar-refractivity contribution in [1.29, 1.82) is 0 Å². The van der Waals surface area contributed by atoms with Gasteiger partial charge in [-0.05, 0) is 48.7 Å². The monoisotopic (exact) mass is 477 g/mol. The van der Waals surface area contributed by atoms with Gasteiger partial charge >= 0.3 is 0 Å². The highest BCUT2D eigenvalue weighted by Crippen LogP contribution is 2.37. The van der Waals surface area contributed by atoms with Crippen LogP contribution in [0.2, 0.25) is 0 Å². The molecule has 1 fully saturated rings. The molecular weight excluding hydrogens is 462 g/mol. The molecule has 6 heteroatoms. The first-order valence-electron chi connectivity index (χ1n) is 8.23. The Morgan fingerprint density at radius 2 is 1.50 bits per heavy atom. The molecule has 2 aromatic rings. The molecule has 2 unspecified atom stereocenters. The van der Waals surface area contributed by atoms with E-state index in [0.717, 1.165) is 20.1 Å². The molecule has 0 bridgehead atoms. The maximum Gasteiger partial charge on any atom is 0.291 e. The van der Waals surface area contributed by atoms with E-state index in [-0.39, 0.29) is 5.78 Å². The first kappa shape index (κ1) is 19.0. The molecule has 1 amide bonds. The van der Waals surface area contributed by atoms with Crippen molar-refractivity contribution in [3.63, 3.8) is 0 Å². The van der Waals surface area contributed by atoms with E-state index >= 15 is 0 Å². The lowest BCUT2D eigenvalue weighted by Crippen LogP contribution is -2.32. The molecule has 2 atom stereocenters. The van der Waals surface area contributed by atoms with Crippen molar-refractivity contribution in [3.05, 3.63) is 68.6 Å². The normalized spacial score (nSPS) is 19.9. The molecule has 0 aromatic heterocycles. The first-order valence-corrected chi connectivity index (χ1v) is 9.82. The predicted molar refractivity (Wildman–Crippen MR) is 106 cm³/mol. The van der Waals surface area contributed by atoms with Crippen LogP contribution in [0.3, 0.4) is 0 Å². The van der Waals surface area contributed by atoms with Gasteiger partial charge in [-0.1, -0.05) is 56.1 Å². The van der Waals surface area contributed by atoms with E-state index in [9.17, 15) is 14.4 Å². The summed E-state index contributed by atoms with van der Waals surface area (Å²) in [5, 5.41) is 0. The third-order valence-corrected chi connectivity index (χ3v) is 5.67. The van der Waals surface area contributed by atoms with E-state index < -0.39 is 23.7 Å². The van der Waals surface area contributed by atoms with Crippen LogP contribution in [-0.2, 0) is 20.8 Å². The van der Waals surface area contributed by atoms with Crippen LogP contribution < -0.4 is 0 Å². The largest absolute Gasteiger partial charge is 0.328 e. The van der Waals surface area contributed by atoms with Crippen molar-refractivity contribution < 1.29 is 14.4 Å². The van der Waals surface area contributed by atoms with Gasteiger partial charge in [0.2, 0.25) is 5.78 Å². The summed E-state index contributed by atoms with van der Waals surface area (Å²) >= 11 is 6.79. The van der Waals surface area contributed by atoms with E-state index in [2.05, 4.69) is 31.9 Å². The number of carbonyl (C=O) groups excluding carboxylic acids is 3. The van der Waals surface area contributed by atoms with E-state index in [1.54, 1.807) is 4.90 Å². The lowest BCUT2D eigenvalue weighted by molar-refractivity contribution is -0.142. The van der Waals surface area contributed by atoms with Crippen LogP contribution in [-0.4, -0.2) is 28.9 Å². The quantitative estimate of drug-likeness (QED) is 0.480. The van der Waals surface area contributed by atoms with Gasteiger partial charge < -0.3 is 4.90 Å². The smallest absolute Gasteiger partial charge is 0.291 e. The lowest BCUT2D eigenvalue weighted by atomic mass is 9.90. The Kier molecular flexibility index (Phi) is 5.73. The maximum atomic E-state index is 12.6. The second kappa shape index (κ2) is 7.84. The third kappa shape index (κ3) is 3.81. The number of carbonyl (C=O) groups is 3. The van der Waals surface area contributed by atoms with Gasteiger partial charge in [-0.25, -0.2) is 0 Å². The number of amides is 1. The average molecular weight is 479 g/mol. The summed E-state index contributed by atoms with van der Waals surface area (Å²) in [5.41, 5.74) is 1.86. The second-order valence-electron chi connectivity index (χ2n) is 6.32. The van der Waals surface area contributed by atoms with Gasteiger partial charge in [0.25, 0.3) is 5.91 Å². The summed E-state index contributed by atoms with van der Waals surface area (Å²) < 4.78 is 1.88. The van der Waals surface area contributed by atoms with Gasteiger partial charge in [0.15, 0.2) is 0 Å². The number of hydrogen-bond donors (Lipinski definition) is 0. The topological polar surface area (TPSA) is 54.5 Å². The molecule has 4 nitrogen and oxygen atoms in total. The molecule has 1 heterocycles. The number of ketones is 2. The SMILES string of the molecule is CC(=O)C1C(=O)C(=O)N(CCc2ccc(Br)cc2)C1c1ccc(Br)cc1. The lowest BCUT2D eigenvalue weighted by Gasteiger charge is -2.27. The maximum absolute atomic E-state index is 12.6. The molecule has 134 valence electrons. The van der Waals surface area contributed by atoms with Crippen LogP contribution in [0.25, 0.3) is 0 Å². The zero-order valence-electron chi connectivity index (χ0n) is 14.1. The third-order valence-electron chi connectivity index (χ3n) is 4.61. The van der Waals surface area contributed by atoms with E-state index in [1.807, 2.05) is 48.5 Å². The second-order valence-corrected chi connectivity index (χ2v) is 8.16. The van der Waals surface area contributed by atoms with Crippen molar-refractivity contribution >= 4 is 49.3 Å². The summed E-state index contributed by atoms with van der Waals surface area (Å²) in [6, 6.07) is 14.7. The fourth-order valence-corrected chi connectivity index (χ4v) is 3.83. The molecule has 0 spiro atoms. The number of nitrogens with zero attached hydrogens (tertiary/aromatic N) is 1. The van der Waals surface area contributed by atoms with Gasteiger partial charge in [-0.3, -0.25) is 14.4 Å². The number of benzene rings is 2. The molecule has 3 rings (SSSR count). The number of Topliss-reactive ketones (excluding diaryl/α,β-unsaturated/α-hetero) is 2. The summed E-state index contributed by atoms with van der Waals surface area (Å²) in [4.78, 5) is 38.6. The first-order chi connectivity index (χ1) is 12.4. The van der Waals surface area contributed by atoms with Crippen LogP contribution in [0.1, 0.15) is 24.1 Å². The van der Waals surface area contributed by atoms with Gasteiger partial charge in [-0.15, -0.1) is 0 Å². The van der Waals surface area contributed by atoms with Crippen LogP contribution >= 0.6 is 31.9 Å². The Labute approximate surface area is 168 Å². The Morgan fingerprint density at radius 1 is 0.962 bits per heavy atom. The van der Waals surface area contributed by atoms with E-state index in [0.29, 0.717) is 13.0 Å². The number of halogens is 2. The fraction of sp³-hybridized carbons (Fsp3) is 0.250. The summed E-state index contributed by atoms with van der Waals surface area (Å²) in [6.45, 7) is 1.76. The number of rotatable bonds is 5. The molecule has 1 aliphatic heterocycles. The average Bonchev–Trinajstić information content (AvgIpc) is 2.86. The van der Waals surface area contributed by atoms with Gasteiger partial charge in [0, 0.05) is 15.5 Å². The van der Waals surface area contributed by atoms with Crippen molar-refractivity contribution in [2.24, 2.45) is 5.92 Å². The molecule has 0 N–H and O–H groups in total. The van der Waals surface area contributed by atoms with E-state index in [4.69, 9.17) is 0 Å². The fourth-order valence-electron chi connectivity index (χ4n) is 3.30. The van der Waals surface area contributed by atoms with Crippen LogP contribution in [0, 0.1) is 5.92 Å². The highest BCUT2D eigenvalue weighted by Gasteiger charge is 2.49. The molecule has 0 aliphatic carbocycles. The summed E-state index contributed by atoms with van der Waals surface area (Å²) in [5.74, 6) is -2.40. The highest BCUT2D eigenvalue weighted by molar-refractivity contribution is 9.10. The summed E-state index contributed by atoms with van der Waals surface area (Å²) in [6.07, 6.45) is 0.615. The van der Waals surface area contributed by atoms with Crippen molar-refractivity contribution in [3.8, 4) is 0 Å². The predicted octanol–water partition coefficient (Wildman–Crippen LogP) is 4.11. The Morgan fingerprint density at radius 3 is 2.04 bits per heavy atom. The van der Waals surface area contributed by atoms with Crippen LogP contribution in [0.4, 0.5) is 0 Å². The molecule has 1 aliphatic rings.